The van der Waals surface area contributed by atoms with Crippen LogP contribution in [-0.2, 0) is 16.6 Å². The SMILES string of the molecule is N#Cc1cccc(S(=O)(=O)N(Cc2ccc(Br)cc2)c2ccccc2)c1. The first-order valence-electron chi connectivity index (χ1n) is 7.83. The van der Waals surface area contributed by atoms with Crippen LogP contribution < -0.4 is 4.31 Å². The smallest absolute Gasteiger partial charge is 0.262 e. The van der Waals surface area contributed by atoms with Gasteiger partial charge < -0.3 is 0 Å². The number of nitriles is 1. The Labute approximate surface area is 161 Å². The van der Waals surface area contributed by atoms with Gasteiger partial charge in [-0.25, -0.2) is 8.42 Å². The van der Waals surface area contributed by atoms with Crippen LogP contribution >= 0.6 is 15.9 Å². The van der Waals surface area contributed by atoms with Crippen molar-refractivity contribution < 1.29 is 8.42 Å². The van der Waals surface area contributed by atoms with E-state index in [9.17, 15) is 8.42 Å². The first kappa shape index (κ1) is 18.2. The molecule has 0 amide bonds. The zero-order chi connectivity index (χ0) is 18.6. The van der Waals surface area contributed by atoms with E-state index in [2.05, 4.69) is 15.9 Å². The van der Waals surface area contributed by atoms with Crippen molar-refractivity contribution in [3.63, 3.8) is 0 Å². The maximum absolute atomic E-state index is 13.3. The summed E-state index contributed by atoms with van der Waals surface area (Å²) in [7, 11) is -3.82. The lowest BCUT2D eigenvalue weighted by atomic mass is 10.2. The molecule has 0 atom stereocenters. The molecule has 4 nitrogen and oxygen atoms in total. The van der Waals surface area contributed by atoms with Gasteiger partial charge in [-0.15, -0.1) is 0 Å². The predicted octanol–water partition coefficient (Wildman–Crippen LogP) is 4.72. The third kappa shape index (κ3) is 3.96. The second-order valence-corrected chi connectivity index (χ2v) is 8.39. The number of rotatable bonds is 5. The summed E-state index contributed by atoms with van der Waals surface area (Å²) in [6.45, 7) is 0.191. The first-order valence-corrected chi connectivity index (χ1v) is 10.1. The van der Waals surface area contributed by atoms with Crippen LogP contribution in [0, 0.1) is 11.3 Å². The topological polar surface area (TPSA) is 61.2 Å². The predicted molar refractivity (Wildman–Crippen MR) is 105 cm³/mol. The van der Waals surface area contributed by atoms with Crippen LogP contribution in [0.4, 0.5) is 5.69 Å². The molecule has 6 heteroatoms. The number of para-hydroxylation sites is 1. The van der Waals surface area contributed by atoms with E-state index < -0.39 is 10.0 Å². The number of halogens is 1. The van der Waals surface area contributed by atoms with E-state index in [4.69, 9.17) is 5.26 Å². The van der Waals surface area contributed by atoms with Gasteiger partial charge in [0.2, 0.25) is 0 Å². The molecule has 0 aliphatic heterocycles. The average Bonchev–Trinajstić information content (AvgIpc) is 2.68. The third-order valence-electron chi connectivity index (χ3n) is 3.83. The van der Waals surface area contributed by atoms with Crippen molar-refractivity contribution >= 4 is 31.6 Å². The molecule has 0 aromatic heterocycles. The number of hydrogen-bond acceptors (Lipinski definition) is 3. The molecule has 0 heterocycles. The molecule has 0 aliphatic carbocycles. The van der Waals surface area contributed by atoms with Crippen LogP contribution in [-0.4, -0.2) is 8.42 Å². The summed E-state index contributed by atoms with van der Waals surface area (Å²) in [5.41, 5.74) is 1.73. The summed E-state index contributed by atoms with van der Waals surface area (Å²) < 4.78 is 28.8. The molecule has 0 bridgehead atoms. The summed E-state index contributed by atoms with van der Waals surface area (Å²) >= 11 is 3.39. The second-order valence-electron chi connectivity index (χ2n) is 5.61. The highest BCUT2D eigenvalue weighted by molar-refractivity contribution is 9.10. The van der Waals surface area contributed by atoms with Crippen LogP contribution in [0.1, 0.15) is 11.1 Å². The molecule has 0 saturated heterocycles. The molecule has 0 spiro atoms. The highest BCUT2D eigenvalue weighted by atomic mass is 79.9. The quantitative estimate of drug-likeness (QED) is 0.592. The molecule has 3 rings (SSSR count). The van der Waals surface area contributed by atoms with Crippen molar-refractivity contribution in [1.82, 2.24) is 0 Å². The number of anilines is 1. The van der Waals surface area contributed by atoms with Crippen LogP contribution in [0.5, 0.6) is 0 Å². The Morgan fingerprint density at radius 1 is 0.923 bits per heavy atom. The molecule has 3 aromatic carbocycles. The van der Waals surface area contributed by atoms with E-state index in [1.807, 2.05) is 36.4 Å². The van der Waals surface area contributed by atoms with E-state index in [0.717, 1.165) is 10.0 Å². The zero-order valence-corrected chi connectivity index (χ0v) is 16.1. The molecule has 130 valence electrons. The van der Waals surface area contributed by atoms with Gasteiger partial charge in [-0.3, -0.25) is 4.31 Å². The van der Waals surface area contributed by atoms with Gasteiger partial charge in [0.15, 0.2) is 0 Å². The van der Waals surface area contributed by atoms with Crippen LogP contribution in [0.2, 0.25) is 0 Å². The van der Waals surface area contributed by atoms with Crippen LogP contribution in [0.25, 0.3) is 0 Å². The Balaban J connectivity index is 2.07. The zero-order valence-electron chi connectivity index (χ0n) is 13.7. The second kappa shape index (κ2) is 7.73. The monoisotopic (exact) mass is 426 g/mol. The Morgan fingerprint density at radius 2 is 1.62 bits per heavy atom. The highest BCUT2D eigenvalue weighted by Crippen LogP contribution is 2.26. The lowest BCUT2D eigenvalue weighted by Crippen LogP contribution is -2.30. The molecule has 0 aliphatic rings. The lowest BCUT2D eigenvalue weighted by Gasteiger charge is -2.25. The Morgan fingerprint density at radius 3 is 2.27 bits per heavy atom. The number of hydrogen-bond donors (Lipinski definition) is 0. The van der Waals surface area contributed by atoms with Crippen molar-refractivity contribution in [2.45, 2.75) is 11.4 Å². The minimum atomic E-state index is -3.82. The Hall–Kier alpha value is -2.62. The summed E-state index contributed by atoms with van der Waals surface area (Å²) in [6, 6.07) is 24.5. The molecule has 0 N–H and O–H groups in total. The molecule has 26 heavy (non-hydrogen) atoms. The van der Waals surface area contributed by atoms with Crippen LogP contribution in [0.3, 0.4) is 0 Å². The van der Waals surface area contributed by atoms with Crippen molar-refractivity contribution in [1.29, 1.82) is 5.26 Å². The first-order chi connectivity index (χ1) is 12.5. The van der Waals surface area contributed by atoms with E-state index in [1.54, 1.807) is 36.4 Å². The Bertz CT molecular complexity index is 1040. The van der Waals surface area contributed by atoms with Gasteiger partial charge >= 0.3 is 0 Å². The number of sulfonamides is 1. The van der Waals surface area contributed by atoms with E-state index in [-0.39, 0.29) is 11.4 Å². The minimum absolute atomic E-state index is 0.0949. The van der Waals surface area contributed by atoms with Gasteiger partial charge in [-0.2, -0.15) is 5.26 Å². The van der Waals surface area contributed by atoms with E-state index >= 15 is 0 Å². The van der Waals surface area contributed by atoms with Crippen LogP contribution in [0.15, 0.2) is 88.2 Å². The molecular formula is C20H15BrN2O2S. The van der Waals surface area contributed by atoms with Crippen molar-refractivity contribution in [2.75, 3.05) is 4.31 Å². The van der Waals surface area contributed by atoms with E-state index in [1.165, 1.54) is 16.4 Å². The summed E-state index contributed by atoms with van der Waals surface area (Å²) in [4.78, 5) is 0.0949. The molecule has 0 saturated carbocycles. The Kier molecular flexibility index (Phi) is 5.40. The number of nitrogens with zero attached hydrogens (tertiary/aromatic N) is 2. The van der Waals surface area contributed by atoms with Crippen molar-refractivity contribution in [3.05, 3.63) is 94.5 Å². The van der Waals surface area contributed by atoms with E-state index in [0.29, 0.717) is 11.3 Å². The van der Waals surface area contributed by atoms with Gasteiger partial charge in [0.25, 0.3) is 10.0 Å². The van der Waals surface area contributed by atoms with Gasteiger partial charge in [0.1, 0.15) is 0 Å². The highest BCUT2D eigenvalue weighted by Gasteiger charge is 2.25. The average molecular weight is 427 g/mol. The maximum Gasteiger partial charge on any atom is 0.264 e. The maximum atomic E-state index is 13.3. The molecule has 3 aromatic rings. The summed E-state index contributed by atoms with van der Waals surface area (Å²) in [5, 5.41) is 9.08. The molecule has 0 fully saturated rings. The fourth-order valence-corrected chi connectivity index (χ4v) is 4.28. The summed E-state index contributed by atoms with van der Waals surface area (Å²) in [5.74, 6) is 0. The van der Waals surface area contributed by atoms with Gasteiger partial charge in [-0.05, 0) is 48.0 Å². The lowest BCUT2D eigenvalue weighted by molar-refractivity contribution is 0.590. The fourth-order valence-electron chi connectivity index (χ4n) is 2.52. The van der Waals surface area contributed by atoms with Crippen molar-refractivity contribution in [3.8, 4) is 6.07 Å². The standard InChI is InChI=1S/C20H15BrN2O2S/c21-18-11-9-16(10-12-18)15-23(19-6-2-1-3-7-19)26(24,25)20-8-4-5-17(13-20)14-22/h1-13H,15H2. The summed E-state index contributed by atoms with van der Waals surface area (Å²) in [6.07, 6.45) is 0. The molecule has 0 unspecified atom stereocenters. The third-order valence-corrected chi connectivity index (χ3v) is 6.13. The van der Waals surface area contributed by atoms with Gasteiger partial charge in [0, 0.05) is 4.47 Å². The molecular weight excluding hydrogens is 412 g/mol. The fraction of sp³-hybridized carbons (Fsp3) is 0.0500. The normalized spacial score (nSPS) is 10.9. The van der Waals surface area contributed by atoms with Crippen molar-refractivity contribution in [2.24, 2.45) is 0 Å². The van der Waals surface area contributed by atoms with Gasteiger partial charge in [-0.1, -0.05) is 52.3 Å². The molecule has 0 radical (unpaired) electrons. The van der Waals surface area contributed by atoms with Gasteiger partial charge in [0.05, 0.1) is 28.8 Å². The largest absolute Gasteiger partial charge is 0.264 e. The number of benzene rings is 3. The minimum Gasteiger partial charge on any atom is -0.262 e.